The Balaban J connectivity index is 1.42. The van der Waals surface area contributed by atoms with Gasteiger partial charge >= 0.3 is 11.9 Å². The van der Waals surface area contributed by atoms with E-state index in [1.165, 1.54) is 12.1 Å². The first-order chi connectivity index (χ1) is 18.7. The SMILES string of the molecule is [CH2]C(C)(C)Cc1ccc2c(Cl)c(CC(C)(C)COC(=O)c3ccc(-c4ccc(C([O])=O)cc4)cc3)ccc2c1Cl. The number of fused-ring (bicyclic) bond motifs is 1. The monoisotopic (exact) mass is 574 g/mol. The van der Waals surface area contributed by atoms with Gasteiger partial charge < -0.3 is 4.74 Å². The van der Waals surface area contributed by atoms with Crippen LogP contribution in [0.3, 0.4) is 0 Å². The van der Waals surface area contributed by atoms with Crippen molar-refractivity contribution in [2.45, 2.75) is 40.5 Å². The van der Waals surface area contributed by atoms with Crippen LogP contribution in [0.25, 0.3) is 21.9 Å². The Bertz CT molecular complexity index is 1550. The number of ether oxygens (including phenoxy) is 1. The highest BCUT2D eigenvalue weighted by atomic mass is 35.5. The second-order valence-electron chi connectivity index (χ2n) is 11.9. The van der Waals surface area contributed by atoms with Gasteiger partial charge in [0.15, 0.2) is 0 Å². The number of carbonyl (C=O) groups is 2. The first kappa shape index (κ1) is 29.6. The lowest BCUT2D eigenvalue weighted by Crippen LogP contribution is -2.24. The smallest absolute Gasteiger partial charge is 0.386 e. The van der Waals surface area contributed by atoms with Gasteiger partial charge in [-0.15, -0.1) is 0 Å². The zero-order valence-corrected chi connectivity index (χ0v) is 24.7. The fourth-order valence-corrected chi connectivity index (χ4v) is 5.31. The lowest BCUT2D eigenvalue weighted by atomic mass is 9.85. The largest absolute Gasteiger partial charge is 0.462 e. The molecule has 0 N–H and O–H groups in total. The molecule has 0 heterocycles. The molecule has 6 heteroatoms. The van der Waals surface area contributed by atoms with E-state index in [0.29, 0.717) is 22.0 Å². The Morgan fingerprint density at radius 1 is 0.700 bits per heavy atom. The first-order valence-corrected chi connectivity index (χ1v) is 13.8. The molecule has 0 saturated heterocycles. The summed E-state index contributed by atoms with van der Waals surface area (Å²) in [6, 6.07) is 21.4. The quantitative estimate of drug-likeness (QED) is 0.187. The van der Waals surface area contributed by atoms with Gasteiger partial charge in [-0.1, -0.05) is 99.4 Å². The van der Waals surface area contributed by atoms with Crippen LogP contribution in [0.5, 0.6) is 0 Å². The molecule has 4 nitrogen and oxygen atoms in total. The first-order valence-electron chi connectivity index (χ1n) is 13.1. The van der Waals surface area contributed by atoms with Gasteiger partial charge in [-0.3, -0.25) is 0 Å². The van der Waals surface area contributed by atoms with Crippen molar-refractivity contribution in [3.63, 3.8) is 0 Å². The van der Waals surface area contributed by atoms with Crippen molar-refractivity contribution >= 4 is 45.9 Å². The van der Waals surface area contributed by atoms with E-state index >= 15 is 0 Å². The van der Waals surface area contributed by atoms with E-state index in [4.69, 9.17) is 27.9 Å². The molecule has 0 spiro atoms. The highest BCUT2D eigenvalue weighted by molar-refractivity contribution is 6.40. The summed E-state index contributed by atoms with van der Waals surface area (Å²) >= 11 is 13.6. The average molecular weight is 576 g/mol. The van der Waals surface area contributed by atoms with Crippen molar-refractivity contribution in [2.24, 2.45) is 10.8 Å². The molecule has 2 radical (unpaired) electrons. The Hall–Kier alpha value is -3.34. The molecule has 0 saturated carbocycles. The van der Waals surface area contributed by atoms with Crippen LogP contribution in [0.1, 0.15) is 59.5 Å². The molecule has 0 aliphatic heterocycles. The van der Waals surface area contributed by atoms with Crippen molar-refractivity contribution in [1.29, 1.82) is 0 Å². The normalized spacial score (nSPS) is 12.0. The number of hydrogen-bond acceptors (Lipinski definition) is 3. The standard InChI is InChI=1S/C34H32Cl2O4/c1-33(2,3)18-25-14-16-28-27(29(25)35)17-15-26(30(28)36)19-34(4,5)20-40-32(39)24-12-8-22(9-13-24)21-6-10-23(11-7-21)31(37)38/h6-17H,1,18-20H2,2-5H3. The molecular weight excluding hydrogens is 543 g/mol. The molecule has 0 bridgehead atoms. The minimum atomic E-state index is -1.22. The number of esters is 1. The molecule has 0 aromatic heterocycles. The van der Waals surface area contributed by atoms with Gasteiger partial charge in [0, 0.05) is 16.2 Å². The summed E-state index contributed by atoms with van der Waals surface area (Å²) in [7, 11) is 0. The zero-order chi connectivity index (χ0) is 29.2. The molecule has 4 aromatic rings. The predicted molar refractivity (Wildman–Crippen MR) is 161 cm³/mol. The molecule has 4 rings (SSSR count). The van der Waals surface area contributed by atoms with Crippen LogP contribution in [0.4, 0.5) is 0 Å². The van der Waals surface area contributed by atoms with Crippen molar-refractivity contribution in [3.8, 4) is 11.1 Å². The lowest BCUT2D eigenvalue weighted by molar-refractivity contribution is 0.0341. The van der Waals surface area contributed by atoms with Gasteiger partial charge in [0.05, 0.1) is 27.8 Å². The third-order valence-corrected chi connectivity index (χ3v) is 7.63. The molecular formula is C34H32Cl2O4. The Morgan fingerprint density at radius 2 is 1.15 bits per heavy atom. The lowest BCUT2D eigenvalue weighted by Gasteiger charge is -2.25. The number of carbonyl (C=O) groups excluding carboxylic acids is 2. The highest BCUT2D eigenvalue weighted by Crippen LogP contribution is 2.38. The van der Waals surface area contributed by atoms with Crippen LogP contribution in [-0.4, -0.2) is 18.5 Å². The second-order valence-corrected chi connectivity index (χ2v) is 12.6. The number of hydrogen-bond donors (Lipinski definition) is 0. The summed E-state index contributed by atoms with van der Waals surface area (Å²) in [4.78, 5) is 23.7. The van der Waals surface area contributed by atoms with Gasteiger partial charge in [-0.2, -0.15) is 0 Å². The molecule has 4 aromatic carbocycles. The fourth-order valence-electron chi connectivity index (χ4n) is 4.72. The van der Waals surface area contributed by atoms with Crippen LogP contribution >= 0.6 is 23.2 Å². The van der Waals surface area contributed by atoms with Crippen LogP contribution in [0, 0.1) is 17.8 Å². The van der Waals surface area contributed by atoms with E-state index in [2.05, 4.69) is 20.8 Å². The topological polar surface area (TPSA) is 63.3 Å². The highest BCUT2D eigenvalue weighted by Gasteiger charge is 2.24. The van der Waals surface area contributed by atoms with E-state index < -0.39 is 11.9 Å². The summed E-state index contributed by atoms with van der Waals surface area (Å²) in [6.45, 7) is 12.6. The van der Waals surface area contributed by atoms with Crippen LogP contribution in [0.15, 0.2) is 72.8 Å². The van der Waals surface area contributed by atoms with E-state index in [0.717, 1.165) is 39.4 Å². The van der Waals surface area contributed by atoms with Crippen molar-refractivity contribution < 1.29 is 19.4 Å². The van der Waals surface area contributed by atoms with E-state index in [1.54, 1.807) is 36.4 Å². The van der Waals surface area contributed by atoms with Crippen LogP contribution in [-0.2, 0) is 22.7 Å². The average Bonchev–Trinajstić information content (AvgIpc) is 2.90. The summed E-state index contributed by atoms with van der Waals surface area (Å²) in [5, 5.41) is 14.1. The number of rotatable bonds is 9. The van der Waals surface area contributed by atoms with Gasteiger partial charge in [-0.05, 0) is 71.7 Å². The Kier molecular flexibility index (Phi) is 8.63. The summed E-state index contributed by atoms with van der Waals surface area (Å²) in [5.74, 6) is -1.63. The summed E-state index contributed by atoms with van der Waals surface area (Å²) in [5.41, 5.74) is 3.76. The van der Waals surface area contributed by atoms with Gasteiger partial charge in [0.2, 0.25) is 0 Å². The minimum absolute atomic E-state index is 0.114. The van der Waals surface area contributed by atoms with E-state index in [9.17, 15) is 14.7 Å². The number of benzene rings is 4. The van der Waals surface area contributed by atoms with Crippen LogP contribution < -0.4 is 0 Å². The maximum atomic E-state index is 12.8. The van der Waals surface area contributed by atoms with Crippen molar-refractivity contribution in [1.82, 2.24) is 0 Å². The third-order valence-electron chi connectivity index (χ3n) is 6.74. The van der Waals surface area contributed by atoms with Gasteiger partial charge in [0.1, 0.15) is 0 Å². The molecule has 0 aliphatic carbocycles. The van der Waals surface area contributed by atoms with E-state index in [1.807, 2.05) is 38.1 Å². The molecule has 40 heavy (non-hydrogen) atoms. The van der Waals surface area contributed by atoms with Crippen molar-refractivity contribution in [2.75, 3.05) is 6.61 Å². The van der Waals surface area contributed by atoms with Crippen LogP contribution in [0.2, 0.25) is 10.0 Å². The maximum absolute atomic E-state index is 12.8. The van der Waals surface area contributed by atoms with Gasteiger partial charge in [-0.25, -0.2) is 14.7 Å². The molecule has 0 aliphatic rings. The summed E-state index contributed by atoms with van der Waals surface area (Å²) in [6.07, 6.45) is 1.38. The van der Waals surface area contributed by atoms with E-state index in [-0.39, 0.29) is 23.0 Å². The molecule has 0 amide bonds. The zero-order valence-electron chi connectivity index (χ0n) is 23.1. The predicted octanol–water partition coefficient (Wildman–Crippen LogP) is 9.21. The minimum Gasteiger partial charge on any atom is -0.462 e. The maximum Gasteiger partial charge on any atom is 0.386 e. The number of halogens is 2. The second kappa shape index (κ2) is 11.6. The van der Waals surface area contributed by atoms with Crippen molar-refractivity contribution in [3.05, 3.63) is 112 Å². The molecule has 0 unspecified atom stereocenters. The Morgan fingerprint density at radius 3 is 1.60 bits per heavy atom. The molecule has 206 valence electrons. The summed E-state index contributed by atoms with van der Waals surface area (Å²) < 4.78 is 5.68. The third kappa shape index (κ3) is 7.04. The van der Waals surface area contributed by atoms with Gasteiger partial charge in [0.25, 0.3) is 0 Å². The fraction of sp³-hybridized carbons (Fsp3) is 0.265. The molecule has 0 fully saturated rings. The Labute approximate surface area is 245 Å². The molecule has 0 atom stereocenters.